The van der Waals surface area contributed by atoms with Gasteiger partial charge in [-0.3, -0.25) is 9.55 Å². The zero-order chi connectivity index (χ0) is 17.9. The quantitative estimate of drug-likeness (QED) is 0.532. The molecule has 0 aliphatic rings. The lowest BCUT2D eigenvalue weighted by Crippen LogP contribution is -2.04. The highest BCUT2D eigenvalue weighted by Crippen LogP contribution is 2.26. The smallest absolute Gasteiger partial charge is 0.170 e. The minimum atomic E-state index is 0.816. The Morgan fingerprint density at radius 2 is 1.58 bits per heavy atom. The van der Waals surface area contributed by atoms with Gasteiger partial charge in [-0.05, 0) is 30.7 Å². The number of para-hydroxylation sites is 1. The van der Waals surface area contributed by atoms with E-state index in [0.29, 0.717) is 0 Å². The fraction of sp³-hybridized carbons (Fsp3) is 0.136. The molecule has 4 rings (SSSR count). The maximum atomic E-state index is 4.64. The van der Waals surface area contributed by atoms with Crippen molar-refractivity contribution in [3.05, 3.63) is 84.3 Å². The summed E-state index contributed by atoms with van der Waals surface area (Å²) >= 11 is 0. The second-order valence-corrected chi connectivity index (χ2v) is 6.21. The van der Waals surface area contributed by atoms with Crippen LogP contribution in [0.1, 0.15) is 18.3 Å². The number of benzene rings is 2. The number of hydrogen-bond acceptors (Lipinski definition) is 3. The molecule has 2 aromatic heterocycles. The van der Waals surface area contributed by atoms with Gasteiger partial charge in [-0.15, -0.1) is 10.2 Å². The van der Waals surface area contributed by atoms with E-state index in [2.05, 4.69) is 63.9 Å². The molecular weight excluding hydrogens is 320 g/mol. The Morgan fingerprint density at radius 1 is 0.808 bits per heavy atom. The van der Waals surface area contributed by atoms with Crippen molar-refractivity contribution in [1.82, 2.24) is 19.7 Å². The Hall–Kier alpha value is -3.27. The van der Waals surface area contributed by atoms with Crippen LogP contribution < -0.4 is 0 Å². The van der Waals surface area contributed by atoms with Gasteiger partial charge in [0.1, 0.15) is 5.82 Å². The molecule has 0 saturated carbocycles. The van der Waals surface area contributed by atoms with Crippen molar-refractivity contribution in [3.8, 4) is 28.3 Å². The minimum absolute atomic E-state index is 0.816. The van der Waals surface area contributed by atoms with Gasteiger partial charge in [0.25, 0.3) is 0 Å². The molecule has 0 unspecified atom stereocenters. The van der Waals surface area contributed by atoms with E-state index < -0.39 is 0 Å². The van der Waals surface area contributed by atoms with Gasteiger partial charge in [0, 0.05) is 23.7 Å². The first kappa shape index (κ1) is 16.2. The van der Waals surface area contributed by atoms with E-state index in [1.54, 1.807) is 0 Å². The second-order valence-electron chi connectivity index (χ2n) is 6.21. The Balaban J connectivity index is 1.80. The van der Waals surface area contributed by atoms with Crippen molar-refractivity contribution < 1.29 is 0 Å². The SMILES string of the molecule is CCc1nnc(-c2ccc(-c3ccccc3)nc2)n1-c1ccccc1C. The molecule has 0 amide bonds. The monoisotopic (exact) mass is 340 g/mol. The Morgan fingerprint density at radius 3 is 2.27 bits per heavy atom. The van der Waals surface area contributed by atoms with Gasteiger partial charge in [-0.25, -0.2) is 0 Å². The molecule has 4 nitrogen and oxygen atoms in total. The van der Waals surface area contributed by atoms with E-state index in [0.717, 1.165) is 40.6 Å². The lowest BCUT2D eigenvalue weighted by Gasteiger charge is -2.12. The van der Waals surface area contributed by atoms with Crippen molar-refractivity contribution in [2.75, 3.05) is 0 Å². The van der Waals surface area contributed by atoms with E-state index in [9.17, 15) is 0 Å². The van der Waals surface area contributed by atoms with Gasteiger partial charge in [0.15, 0.2) is 5.82 Å². The second kappa shape index (κ2) is 6.92. The normalized spacial score (nSPS) is 10.8. The number of hydrogen-bond donors (Lipinski definition) is 0. The predicted octanol–water partition coefficient (Wildman–Crippen LogP) is 4.87. The molecule has 0 saturated heterocycles. The number of nitrogens with zero attached hydrogens (tertiary/aromatic N) is 4. The summed E-state index contributed by atoms with van der Waals surface area (Å²) in [7, 11) is 0. The molecule has 0 aliphatic carbocycles. The molecule has 0 bridgehead atoms. The molecule has 0 fully saturated rings. The molecule has 0 aliphatic heterocycles. The molecule has 2 heterocycles. The predicted molar refractivity (Wildman–Crippen MR) is 104 cm³/mol. The average molecular weight is 340 g/mol. The third-order valence-corrected chi connectivity index (χ3v) is 4.49. The van der Waals surface area contributed by atoms with Crippen molar-refractivity contribution in [1.29, 1.82) is 0 Å². The van der Waals surface area contributed by atoms with Crippen LogP contribution in [-0.2, 0) is 6.42 Å². The third kappa shape index (κ3) is 2.90. The minimum Gasteiger partial charge on any atom is -0.279 e. The average Bonchev–Trinajstić information content (AvgIpc) is 3.13. The third-order valence-electron chi connectivity index (χ3n) is 4.49. The topological polar surface area (TPSA) is 43.6 Å². The van der Waals surface area contributed by atoms with E-state index >= 15 is 0 Å². The van der Waals surface area contributed by atoms with Crippen molar-refractivity contribution in [2.45, 2.75) is 20.3 Å². The van der Waals surface area contributed by atoms with Crippen molar-refractivity contribution >= 4 is 0 Å². The summed E-state index contributed by atoms with van der Waals surface area (Å²) in [5, 5.41) is 8.84. The lowest BCUT2D eigenvalue weighted by molar-refractivity contribution is 0.880. The summed E-state index contributed by atoms with van der Waals surface area (Å²) in [5.74, 6) is 1.77. The van der Waals surface area contributed by atoms with Crippen LogP contribution in [0.3, 0.4) is 0 Å². The van der Waals surface area contributed by atoms with Crippen LogP contribution in [0.5, 0.6) is 0 Å². The molecule has 4 aromatic rings. The van der Waals surface area contributed by atoms with E-state index in [-0.39, 0.29) is 0 Å². The molecule has 128 valence electrons. The maximum Gasteiger partial charge on any atom is 0.170 e. The Bertz CT molecular complexity index is 1020. The highest BCUT2D eigenvalue weighted by Gasteiger charge is 2.16. The van der Waals surface area contributed by atoms with E-state index in [4.69, 9.17) is 0 Å². The number of aromatic nitrogens is 4. The van der Waals surface area contributed by atoms with Gasteiger partial charge in [0.05, 0.1) is 11.4 Å². The van der Waals surface area contributed by atoms with Crippen molar-refractivity contribution in [2.24, 2.45) is 0 Å². The van der Waals surface area contributed by atoms with Crippen LogP contribution in [0.25, 0.3) is 28.3 Å². The molecule has 2 aromatic carbocycles. The maximum absolute atomic E-state index is 4.64. The summed E-state index contributed by atoms with van der Waals surface area (Å²) in [6, 6.07) is 22.6. The van der Waals surface area contributed by atoms with Gasteiger partial charge in [0.2, 0.25) is 0 Å². The van der Waals surface area contributed by atoms with Gasteiger partial charge < -0.3 is 0 Å². The molecule has 0 radical (unpaired) electrons. The van der Waals surface area contributed by atoms with Crippen LogP contribution in [-0.4, -0.2) is 19.7 Å². The summed E-state index contributed by atoms with van der Waals surface area (Å²) in [5.41, 5.74) is 5.31. The van der Waals surface area contributed by atoms with Crippen molar-refractivity contribution in [3.63, 3.8) is 0 Å². The summed E-state index contributed by atoms with van der Waals surface area (Å²) in [6.45, 7) is 4.20. The lowest BCUT2D eigenvalue weighted by atomic mass is 10.1. The Kier molecular flexibility index (Phi) is 4.32. The summed E-state index contributed by atoms with van der Waals surface area (Å²) in [4.78, 5) is 4.64. The van der Waals surface area contributed by atoms with Crippen LogP contribution >= 0.6 is 0 Å². The zero-order valence-corrected chi connectivity index (χ0v) is 14.9. The first-order chi connectivity index (χ1) is 12.8. The van der Waals surface area contributed by atoms with Gasteiger partial charge >= 0.3 is 0 Å². The summed E-state index contributed by atoms with van der Waals surface area (Å²) < 4.78 is 2.13. The first-order valence-electron chi connectivity index (χ1n) is 8.80. The van der Waals surface area contributed by atoms with Gasteiger partial charge in [-0.2, -0.15) is 0 Å². The Labute approximate surface area is 153 Å². The number of rotatable bonds is 4. The van der Waals surface area contributed by atoms with Crippen LogP contribution in [0.4, 0.5) is 0 Å². The van der Waals surface area contributed by atoms with Crippen LogP contribution in [0, 0.1) is 6.92 Å². The van der Waals surface area contributed by atoms with E-state index in [1.165, 1.54) is 5.56 Å². The standard InChI is InChI=1S/C22H20N4/c1-3-21-24-25-22(26(21)20-12-8-7-9-16(20)2)18-13-14-19(23-15-18)17-10-5-4-6-11-17/h4-15H,3H2,1-2H3. The highest BCUT2D eigenvalue weighted by molar-refractivity contribution is 5.64. The molecule has 0 spiro atoms. The van der Waals surface area contributed by atoms with E-state index in [1.807, 2.05) is 42.6 Å². The first-order valence-corrected chi connectivity index (χ1v) is 8.80. The fourth-order valence-corrected chi connectivity index (χ4v) is 3.11. The molecule has 4 heteroatoms. The molecular formula is C22H20N4. The van der Waals surface area contributed by atoms with Crippen LogP contribution in [0.15, 0.2) is 72.9 Å². The number of aryl methyl sites for hydroxylation is 2. The largest absolute Gasteiger partial charge is 0.279 e. The fourth-order valence-electron chi connectivity index (χ4n) is 3.11. The molecule has 0 atom stereocenters. The number of pyridine rings is 1. The molecule has 26 heavy (non-hydrogen) atoms. The zero-order valence-electron chi connectivity index (χ0n) is 14.9. The highest BCUT2D eigenvalue weighted by atomic mass is 15.3. The molecule has 0 N–H and O–H groups in total. The van der Waals surface area contributed by atoms with Crippen LogP contribution in [0.2, 0.25) is 0 Å². The summed E-state index contributed by atoms with van der Waals surface area (Å²) in [6.07, 6.45) is 2.69. The van der Waals surface area contributed by atoms with Gasteiger partial charge in [-0.1, -0.05) is 55.5 Å².